The van der Waals surface area contributed by atoms with Crippen LogP contribution < -0.4 is 9.47 Å². The van der Waals surface area contributed by atoms with Crippen LogP contribution in [0.5, 0.6) is 11.5 Å². The van der Waals surface area contributed by atoms with Gasteiger partial charge in [-0.25, -0.2) is 9.97 Å². The minimum absolute atomic E-state index is 0.277. The molecule has 0 unspecified atom stereocenters. The summed E-state index contributed by atoms with van der Waals surface area (Å²) in [6, 6.07) is 9.80. The molecule has 0 spiro atoms. The summed E-state index contributed by atoms with van der Waals surface area (Å²) in [6.07, 6.45) is 10.6. The highest BCUT2D eigenvalue weighted by Crippen LogP contribution is 2.35. The maximum Gasteiger partial charge on any atom is 0.178 e. The van der Waals surface area contributed by atoms with Crippen molar-refractivity contribution in [1.29, 1.82) is 0 Å². The summed E-state index contributed by atoms with van der Waals surface area (Å²) in [7, 11) is 1.68. The number of nitrogens with one attached hydrogen (secondary N) is 1. The third kappa shape index (κ3) is 3.36. The zero-order chi connectivity index (χ0) is 17.1. The minimum Gasteiger partial charge on any atom is -0.493 e. The van der Waals surface area contributed by atoms with Gasteiger partial charge in [-0.2, -0.15) is 0 Å². The van der Waals surface area contributed by atoms with Crippen LogP contribution in [0.1, 0.15) is 37.1 Å². The van der Waals surface area contributed by atoms with Crippen molar-refractivity contribution in [2.45, 2.75) is 31.8 Å². The van der Waals surface area contributed by atoms with Crippen LogP contribution in [0.2, 0.25) is 0 Å². The van der Waals surface area contributed by atoms with Crippen LogP contribution in [-0.2, 0) is 0 Å². The number of imidazole rings is 1. The van der Waals surface area contributed by atoms with E-state index in [9.17, 15) is 0 Å². The molecule has 1 aliphatic rings. The predicted octanol–water partition coefficient (Wildman–Crippen LogP) is 4.46. The van der Waals surface area contributed by atoms with E-state index in [4.69, 9.17) is 9.47 Å². The number of aromatic amines is 1. The van der Waals surface area contributed by atoms with Gasteiger partial charge in [0, 0.05) is 11.8 Å². The van der Waals surface area contributed by atoms with Crippen molar-refractivity contribution in [3.8, 4) is 11.5 Å². The molecule has 1 fully saturated rings. The van der Waals surface area contributed by atoms with Gasteiger partial charge in [0.05, 0.1) is 18.7 Å². The molecule has 128 valence electrons. The molecular weight excluding hydrogens is 314 g/mol. The Morgan fingerprint density at radius 1 is 1.12 bits per heavy atom. The number of hydrogen-bond donors (Lipinski definition) is 1. The van der Waals surface area contributed by atoms with E-state index in [1.807, 2.05) is 42.5 Å². The molecule has 4 rings (SSSR count). The average molecular weight is 335 g/mol. The fourth-order valence-electron chi connectivity index (χ4n) is 3.24. The monoisotopic (exact) mass is 335 g/mol. The highest BCUT2D eigenvalue weighted by atomic mass is 16.5. The predicted molar refractivity (Wildman–Crippen MR) is 98.7 cm³/mol. The Morgan fingerprint density at radius 2 is 2.00 bits per heavy atom. The highest BCUT2D eigenvalue weighted by Gasteiger charge is 2.19. The Labute approximate surface area is 146 Å². The number of fused-ring (bicyclic) bond motifs is 1. The van der Waals surface area contributed by atoms with Crippen LogP contribution in [0.25, 0.3) is 23.3 Å². The van der Waals surface area contributed by atoms with Gasteiger partial charge in [0.1, 0.15) is 5.82 Å². The van der Waals surface area contributed by atoms with Crippen LogP contribution >= 0.6 is 0 Å². The second-order valence-electron chi connectivity index (χ2n) is 6.23. The van der Waals surface area contributed by atoms with Crippen molar-refractivity contribution in [2.75, 3.05) is 7.11 Å². The molecule has 1 N–H and O–H groups in total. The molecule has 5 nitrogen and oxygen atoms in total. The first-order valence-electron chi connectivity index (χ1n) is 8.66. The number of H-pyrrole nitrogens is 1. The Kier molecular flexibility index (Phi) is 4.37. The van der Waals surface area contributed by atoms with Gasteiger partial charge in [0.15, 0.2) is 17.1 Å². The summed E-state index contributed by atoms with van der Waals surface area (Å²) in [5.74, 6) is 2.34. The van der Waals surface area contributed by atoms with Crippen molar-refractivity contribution in [3.05, 3.63) is 47.9 Å². The van der Waals surface area contributed by atoms with Gasteiger partial charge >= 0.3 is 0 Å². The van der Waals surface area contributed by atoms with Gasteiger partial charge in [-0.1, -0.05) is 12.1 Å². The minimum atomic E-state index is 0.277. The van der Waals surface area contributed by atoms with E-state index in [2.05, 4.69) is 15.0 Å². The normalized spacial score (nSPS) is 15.2. The fraction of sp³-hybridized carbons (Fsp3) is 0.300. The molecule has 0 amide bonds. The van der Waals surface area contributed by atoms with Gasteiger partial charge in [-0.05, 0) is 56.0 Å². The van der Waals surface area contributed by atoms with Crippen molar-refractivity contribution in [3.63, 3.8) is 0 Å². The molecule has 2 aromatic heterocycles. The lowest BCUT2D eigenvalue weighted by Crippen LogP contribution is -2.12. The summed E-state index contributed by atoms with van der Waals surface area (Å²) < 4.78 is 11.8. The maximum atomic E-state index is 6.26. The average Bonchev–Trinajstić information content (AvgIpc) is 3.29. The zero-order valence-electron chi connectivity index (χ0n) is 14.2. The maximum absolute atomic E-state index is 6.26. The van der Waals surface area contributed by atoms with E-state index >= 15 is 0 Å². The fourth-order valence-corrected chi connectivity index (χ4v) is 3.24. The summed E-state index contributed by atoms with van der Waals surface area (Å²) >= 11 is 0. The summed E-state index contributed by atoms with van der Waals surface area (Å²) in [4.78, 5) is 12.0. The molecule has 3 aromatic rings. The van der Waals surface area contributed by atoms with Crippen LogP contribution in [0, 0.1) is 0 Å². The Balaban J connectivity index is 1.64. The second-order valence-corrected chi connectivity index (χ2v) is 6.23. The van der Waals surface area contributed by atoms with Crippen LogP contribution in [0.3, 0.4) is 0 Å². The Bertz CT molecular complexity index is 862. The topological polar surface area (TPSA) is 60.0 Å². The molecular formula is C20H21N3O2. The number of nitrogens with zero attached hydrogens (tertiary/aromatic N) is 2. The first kappa shape index (κ1) is 15.7. The third-order valence-corrected chi connectivity index (χ3v) is 4.51. The zero-order valence-corrected chi connectivity index (χ0v) is 14.2. The van der Waals surface area contributed by atoms with Gasteiger partial charge in [0.2, 0.25) is 0 Å². The van der Waals surface area contributed by atoms with Crippen LogP contribution in [-0.4, -0.2) is 28.2 Å². The number of hydrogen-bond acceptors (Lipinski definition) is 4. The third-order valence-electron chi connectivity index (χ3n) is 4.51. The molecule has 1 saturated carbocycles. The number of aromatic nitrogens is 3. The van der Waals surface area contributed by atoms with Crippen LogP contribution in [0.15, 0.2) is 36.5 Å². The first-order chi connectivity index (χ1) is 12.3. The highest BCUT2D eigenvalue weighted by molar-refractivity contribution is 5.77. The standard InChI is InChI=1S/C20H21N3O2/c1-24-17-10-4-6-14(19(17)25-15-7-2-3-8-15)11-12-18-22-16-9-5-13-21-20(16)23-18/h4-6,9-13,15H,2-3,7-8H2,1H3,(H,21,22,23)/b12-11+. The lowest BCUT2D eigenvalue weighted by Gasteiger charge is -2.18. The second kappa shape index (κ2) is 6.97. The molecule has 1 aliphatic carbocycles. The molecule has 0 atom stereocenters. The quantitative estimate of drug-likeness (QED) is 0.748. The van der Waals surface area contributed by atoms with Gasteiger partial charge in [-0.3, -0.25) is 0 Å². The molecule has 0 bridgehead atoms. The Morgan fingerprint density at radius 3 is 2.80 bits per heavy atom. The summed E-state index contributed by atoms with van der Waals surface area (Å²) in [5.41, 5.74) is 2.63. The molecule has 5 heteroatoms. The summed E-state index contributed by atoms with van der Waals surface area (Å²) in [6.45, 7) is 0. The number of pyridine rings is 1. The molecule has 0 aliphatic heterocycles. The molecule has 2 heterocycles. The van der Waals surface area contributed by atoms with E-state index < -0.39 is 0 Å². The van der Waals surface area contributed by atoms with Crippen molar-refractivity contribution in [1.82, 2.24) is 15.0 Å². The number of benzene rings is 1. The number of methoxy groups -OCH3 is 1. The largest absolute Gasteiger partial charge is 0.493 e. The Hall–Kier alpha value is -2.82. The van der Waals surface area contributed by atoms with E-state index in [0.29, 0.717) is 0 Å². The van der Waals surface area contributed by atoms with E-state index in [-0.39, 0.29) is 6.10 Å². The number of para-hydroxylation sites is 1. The lowest BCUT2D eigenvalue weighted by atomic mass is 10.1. The van der Waals surface area contributed by atoms with Crippen molar-refractivity contribution >= 4 is 23.3 Å². The van der Waals surface area contributed by atoms with E-state index in [0.717, 1.165) is 46.9 Å². The number of ether oxygens (including phenoxy) is 2. The van der Waals surface area contributed by atoms with E-state index in [1.165, 1.54) is 12.8 Å². The first-order valence-corrected chi connectivity index (χ1v) is 8.66. The molecule has 0 saturated heterocycles. The lowest BCUT2D eigenvalue weighted by molar-refractivity contribution is 0.200. The van der Waals surface area contributed by atoms with Crippen molar-refractivity contribution in [2.24, 2.45) is 0 Å². The molecule has 0 radical (unpaired) electrons. The molecule has 1 aromatic carbocycles. The smallest absolute Gasteiger partial charge is 0.178 e. The van der Waals surface area contributed by atoms with E-state index in [1.54, 1.807) is 13.3 Å². The van der Waals surface area contributed by atoms with Gasteiger partial charge in [-0.15, -0.1) is 0 Å². The van der Waals surface area contributed by atoms with Gasteiger partial charge in [0.25, 0.3) is 0 Å². The van der Waals surface area contributed by atoms with Crippen LogP contribution in [0.4, 0.5) is 0 Å². The summed E-state index contributed by atoms with van der Waals surface area (Å²) in [5, 5.41) is 0. The van der Waals surface area contributed by atoms with Crippen molar-refractivity contribution < 1.29 is 9.47 Å². The SMILES string of the molecule is COc1cccc(/C=C/c2nc3ncccc3[nH]2)c1OC1CCCC1. The van der Waals surface area contributed by atoms with Gasteiger partial charge < -0.3 is 14.5 Å². The number of rotatable bonds is 5. The molecule has 25 heavy (non-hydrogen) atoms.